The number of hydrogen-bond donors (Lipinski definition) is 1. The van der Waals surface area contributed by atoms with Crippen LogP contribution in [0.2, 0.25) is 5.15 Å². The molecule has 0 radical (unpaired) electrons. The van der Waals surface area contributed by atoms with E-state index >= 15 is 0 Å². The fourth-order valence-electron chi connectivity index (χ4n) is 1.53. The highest BCUT2D eigenvalue weighted by Crippen LogP contribution is 2.11. The molecular weight excluding hydrogens is 250 g/mol. The Balaban J connectivity index is 2.06. The minimum atomic E-state index is -0.268. The first-order valence-electron chi connectivity index (χ1n) is 5.50. The quantitative estimate of drug-likeness (QED) is 0.924. The van der Waals surface area contributed by atoms with Crippen LogP contribution in [0.15, 0.2) is 42.7 Å². The number of amides is 1. The minimum absolute atomic E-state index is 0.0869. The summed E-state index contributed by atoms with van der Waals surface area (Å²) in [5.74, 6) is -0.268. The van der Waals surface area contributed by atoms with Gasteiger partial charge in [-0.2, -0.15) is 0 Å². The van der Waals surface area contributed by atoms with Crippen LogP contribution in [0.5, 0.6) is 0 Å². The first kappa shape index (κ1) is 12.5. The first-order chi connectivity index (χ1) is 8.66. The van der Waals surface area contributed by atoms with E-state index in [0.29, 0.717) is 0 Å². The number of aromatic nitrogens is 2. The van der Waals surface area contributed by atoms with Crippen LogP contribution in [0, 0.1) is 0 Å². The molecular formula is C13H12ClN3O. The summed E-state index contributed by atoms with van der Waals surface area (Å²) in [6, 6.07) is 9.62. The van der Waals surface area contributed by atoms with E-state index in [0.717, 1.165) is 5.56 Å². The van der Waals surface area contributed by atoms with E-state index in [1.165, 1.54) is 12.4 Å². The summed E-state index contributed by atoms with van der Waals surface area (Å²) in [7, 11) is 0. The average Bonchev–Trinajstić information content (AvgIpc) is 2.40. The molecule has 0 saturated carbocycles. The lowest BCUT2D eigenvalue weighted by molar-refractivity contribution is 0.0934. The Morgan fingerprint density at radius 3 is 2.56 bits per heavy atom. The highest BCUT2D eigenvalue weighted by Gasteiger charge is 2.12. The summed E-state index contributed by atoms with van der Waals surface area (Å²) in [5, 5.41) is 3.11. The van der Waals surface area contributed by atoms with Crippen molar-refractivity contribution in [3.05, 3.63) is 59.1 Å². The molecule has 0 unspecified atom stereocenters. The lowest BCUT2D eigenvalue weighted by atomic mass is 10.1. The Morgan fingerprint density at radius 1 is 1.22 bits per heavy atom. The standard InChI is InChI=1S/C13H12ClN3O/c1-9(10-5-3-2-4-6-10)17-13(18)11-7-16-12(14)8-15-11/h2-9H,1H3,(H,17,18)/t9-/m1/s1. The molecule has 5 heteroatoms. The van der Waals surface area contributed by atoms with Crippen LogP contribution < -0.4 is 5.32 Å². The van der Waals surface area contributed by atoms with Crippen molar-refractivity contribution >= 4 is 17.5 Å². The zero-order chi connectivity index (χ0) is 13.0. The zero-order valence-electron chi connectivity index (χ0n) is 9.80. The Morgan fingerprint density at radius 2 is 1.94 bits per heavy atom. The van der Waals surface area contributed by atoms with Crippen molar-refractivity contribution in [1.29, 1.82) is 0 Å². The summed E-state index contributed by atoms with van der Waals surface area (Å²) in [6.45, 7) is 1.91. The van der Waals surface area contributed by atoms with Crippen LogP contribution in [-0.2, 0) is 0 Å². The summed E-state index contributed by atoms with van der Waals surface area (Å²) in [5.41, 5.74) is 1.29. The van der Waals surface area contributed by atoms with Crippen molar-refractivity contribution in [1.82, 2.24) is 15.3 Å². The highest BCUT2D eigenvalue weighted by atomic mass is 35.5. The second kappa shape index (κ2) is 5.60. The predicted molar refractivity (Wildman–Crippen MR) is 69.4 cm³/mol. The molecule has 92 valence electrons. The van der Waals surface area contributed by atoms with Crippen LogP contribution in [0.4, 0.5) is 0 Å². The number of rotatable bonds is 3. The topological polar surface area (TPSA) is 54.9 Å². The minimum Gasteiger partial charge on any atom is -0.344 e. The molecule has 1 aromatic heterocycles. The molecule has 0 saturated heterocycles. The van der Waals surface area contributed by atoms with E-state index in [1.807, 2.05) is 37.3 Å². The van der Waals surface area contributed by atoms with Crippen molar-refractivity contribution in [2.45, 2.75) is 13.0 Å². The third-order valence-electron chi connectivity index (χ3n) is 2.50. The van der Waals surface area contributed by atoms with Gasteiger partial charge in [0.05, 0.1) is 18.4 Å². The molecule has 2 aromatic rings. The normalized spacial score (nSPS) is 11.9. The lowest BCUT2D eigenvalue weighted by Crippen LogP contribution is -2.27. The third kappa shape index (κ3) is 3.05. The molecule has 1 heterocycles. The second-order valence-corrected chi connectivity index (χ2v) is 4.22. The third-order valence-corrected chi connectivity index (χ3v) is 2.70. The van der Waals surface area contributed by atoms with Crippen LogP contribution in [0.25, 0.3) is 0 Å². The number of nitrogens with one attached hydrogen (secondary N) is 1. The van der Waals surface area contributed by atoms with Gasteiger partial charge in [-0.1, -0.05) is 41.9 Å². The fraction of sp³-hybridized carbons (Fsp3) is 0.154. The summed E-state index contributed by atoms with van der Waals surface area (Å²) in [6.07, 6.45) is 2.71. The van der Waals surface area contributed by atoms with Gasteiger partial charge in [-0.25, -0.2) is 9.97 Å². The maximum absolute atomic E-state index is 11.9. The van der Waals surface area contributed by atoms with Gasteiger partial charge in [0.15, 0.2) is 0 Å². The van der Waals surface area contributed by atoms with E-state index in [-0.39, 0.29) is 22.8 Å². The van der Waals surface area contributed by atoms with Gasteiger partial charge in [0.1, 0.15) is 10.8 Å². The molecule has 1 amide bonds. The van der Waals surface area contributed by atoms with Gasteiger partial charge in [-0.15, -0.1) is 0 Å². The van der Waals surface area contributed by atoms with Gasteiger partial charge < -0.3 is 5.32 Å². The van der Waals surface area contributed by atoms with E-state index in [2.05, 4.69) is 15.3 Å². The van der Waals surface area contributed by atoms with Crippen molar-refractivity contribution in [3.63, 3.8) is 0 Å². The molecule has 0 fully saturated rings. The van der Waals surface area contributed by atoms with E-state index in [4.69, 9.17) is 11.6 Å². The van der Waals surface area contributed by atoms with Crippen LogP contribution in [-0.4, -0.2) is 15.9 Å². The Labute approximate surface area is 110 Å². The summed E-state index contributed by atoms with van der Waals surface area (Å²) >= 11 is 5.61. The maximum atomic E-state index is 11.9. The maximum Gasteiger partial charge on any atom is 0.271 e. The molecule has 0 bridgehead atoms. The number of carbonyl (C=O) groups is 1. The largest absolute Gasteiger partial charge is 0.344 e. The number of benzene rings is 1. The van der Waals surface area contributed by atoms with Crippen molar-refractivity contribution in [2.75, 3.05) is 0 Å². The summed E-state index contributed by atoms with van der Waals surface area (Å²) in [4.78, 5) is 19.6. The monoisotopic (exact) mass is 261 g/mol. The van der Waals surface area contributed by atoms with Gasteiger partial charge in [-0.05, 0) is 12.5 Å². The average molecular weight is 262 g/mol. The van der Waals surface area contributed by atoms with Crippen LogP contribution in [0.1, 0.15) is 29.0 Å². The Bertz CT molecular complexity index is 528. The fourth-order valence-corrected chi connectivity index (χ4v) is 1.62. The van der Waals surface area contributed by atoms with Crippen LogP contribution >= 0.6 is 11.6 Å². The lowest BCUT2D eigenvalue weighted by Gasteiger charge is -2.13. The van der Waals surface area contributed by atoms with Gasteiger partial charge >= 0.3 is 0 Å². The van der Waals surface area contributed by atoms with Crippen molar-refractivity contribution in [2.24, 2.45) is 0 Å². The molecule has 18 heavy (non-hydrogen) atoms. The number of hydrogen-bond acceptors (Lipinski definition) is 3. The number of halogens is 1. The van der Waals surface area contributed by atoms with Gasteiger partial charge in [0.25, 0.3) is 5.91 Å². The molecule has 0 aliphatic heterocycles. The van der Waals surface area contributed by atoms with Crippen molar-refractivity contribution in [3.8, 4) is 0 Å². The van der Waals surface area contributed by atoms with E-state index < -0.39 is 0 Å². The SMILES string of the molecule is C[C@@H](NC(=O)c1cnc(Cl)cn1)c1ccccc1. The Kier molecular flexibility index (Phi) is 3.89. The molecule has 1 N–H and O–H groups in total. The molecule has 1 atom stereocenters. The van der Waals surface area contributed by atoms with Gasteiger partial charge in [0.2, 0.25) is 0 Å². The predicted octanol–water partition coefficient (Wildman–Crippen LogP) is 2.62. The Hall–Kier alpha value is -1.94. The molecule has 4 nitrogen and oxygen atoms in total. The highest BCUT2D eigenvalue weighted by molar-refractivity contribution is 6.29. The first-order valence-corrected chi connectivity index (χ1v) is 5.88. The number of carbonyl (C=O) groups excluding carboxylic acids is 1. The van der Waals surface area contributed by atoms with Crippen molar-refractivity contribution < 1.29 is 4.79 Å². The zero-order valence-corrected chi connectivity index (χ0v) is 10.6. The van der Waals surface area contributed by atoms with Gasteiger partial charge in [-0.3, -0.25) is 4.79 Å². The second-order valence-electron chi connectivity index (χ2n) is 3.83. The summed E-state index contributed by atoms with van der Waals surface area (Å²) < 4.78 is 0. The van der Waals surface area contributed by atoms with Crippen LogP contribution in [0.3, 0.4) is 0 Å². The number of nitrogens with zero attached hydrogens (tertiary/aromatic N) is 2. The molecule has 2 rings (SSSR count). The molecule has 0 aliphatic rings. The van der Waals surface area contributed by atoms with Gasteiger partial charge in [0, 0.05) is 0 Å². The molecule has 0 aliphatic carbocycles. The van der Waals surface area contributed by atoms with E-state index in [9.17, 15) is 4.79 Å². The molecule has 0 spiro atoms. The smallest absolute Gasteiger partial charge is 0.271 e. The van der Waals surface area contributed by atoms with E-state index in [1.54, 1.807) is 0 Å². The molecule has 1 aromatic carbocycles.